The van der Waals surface area contributed by atoms with Gasteiger partial charge in [-0.15, -0.1) is 11.8 Å². The number of nitrogens with one attached hydrogen (secondary N) is 1. The highest BCUT2D eigenvalue weighted by molar-refractivity contribution is 8.00. The van der Waals surface area contributed by atoms with E-state index in [9.17, 15) is 45.0 Å². The number of hydrogen-bond acceptors (Lipinski definition) is 14. The van der Waals surface area contributed by atoms with Gasteiger partial charge >= 0.3 is 5.97 Å². The average Bonchev–Trinajstić information content (AvgIpc) is 3.06. The molecule has 270 valence electrons. The van der Waals surface area contributed by atoms with Gasteiger partial charge in [-0.05, 0) is 50.3 Å². The Bertz CT molecular complexity index is 1400. The highest BCUT2D eigenvalue weighted by atomic mass is 32.2. The molecule has 2 amide bonds. The number of hydrogen-bond donors (Lipinski definition) is 7. The second-order valence-electron chi connectivity index (χ2n) is 12.2. The summed E-state index contributed by atoms with van der Waals surface area (Å²) in [6, 6.07) is 1.80. The monoisotopic (exact) mass is 707 g/mol. The molecule has 0 radical (unpaired) electrons. The SMILES string of the molecule is C[C@@H]1CC=C[C@H](NC(=O)CS[C@H]2OC(CO)[C@H](O)C(O)[C@H]2O)CC=CC(=NOCC(=O)N2CCCCC2)Cc2cc(O)cc(O)c2C(=O)O1. The lowest BCUT2D eigenvalue weighted by Gasteiger charge is -2.39. The minimum Gasteiger partial charge on any atom is -0.508 e. The predicted molar refractivity (Wildman–Crippen MR) is 178 cm³/mol. The Kier molecular flexibility index (Phi) is 14.3. The quantitative estimate of drug-likeness (QED) is 0.111. The molecule has 7 N–H and O–H groups in total. The van der Waals surface area contributed by atoms with Gasteiger partial charge in [-0.2, -0.15) is 0 Å². The van der Waals surface area contributed by atoms with Crippen molar-refractivity contribution in [1.82, 2.24) is 10.2 Å². The zero-order valence-corrected chi connectivity index (χ0v) is 28.0. The molecule has 0 aromatic heterocycles. The summed E-state index contributed by atoms with van der Waals surface area (Å²) >= 11 is 0.900. The summed E-state index contributed by atoms with van der Waals surface area (Å²) in [6.07, 6.45) is 3.85. The number of phenols is 2. The highest BCUT2D eigenvalue weighted by Crippen LogP contribution is 2.30. The topological polar surface area (TPSA) is 228 Å². The predicted octanol–water partition coefficient (Wildman–Crippen LogP) is 0.495. The number of benzene rings is 1. The zero-order chi connectivity index (χ0) is 35.5. The molecular weight excluding hydrogens is 662 g/mol. The number of thioether (sulfide) groups is 1. The van der Waals surface area contributed by atoms with Crippen LogP contribution in [0.5, 0.6) is 11.5 Å². The first kappa shape index (κ1) is 38.1. The highest BCUT2D eigenvalue weighted by Gasteiger charge is 2.43. The van der Waals surface area contributed by atoms with Gasteiger partial charge < -0.3 is 55.2 Å². The van der Waals surface area contributed by atoms with Crippen LogP contribution in [0.15, 0.2) is 41.6 Å². The van der Waals surface area contributed by atoms with E-state index in [1.54, 1.807) is 36.1 Å². The third-order valence-electron chi connectivity index (χ3n) is 8.26. The van der Waals surface area contributed by atoms with Crippen LogP contribution in [0.25, 0.3) is 0 Å². The lowest BCUT2D eigenvalue weighted by Crippen LogP contribution is -2.57. The van der Waals surface area contributed by atoms with Gasteiger partial charge in [0.05, 0.1) is 24.1 Å². The van der Waals surface area contributed by atoms with Gasteiger partial charge in [-0.3, -0.25) is 9.59 Å². The Balaban J connectivity index is 1.50. The molecule has 2 unspecified atom stereocenters. The largest absolute Gasteiger partial charge is 0.508 e. The van der Waals surface area contributed by atoms with Crippen molar-refractivity contribution in [2.24, 2.45) is 5.16 Å². The van der Waals surface area contributed by atoms with Crippen molar-refractivity contribution in [3.05, 3.63) is 47.6 Å². The summed E-state index contributed by atoms with van der Waals surface area (Å²) in [6.45, 7) is 2.07. The van der Waals surface area contributed by atoms with E-state index in [4.69, 9.17) is 14.3 Å². The number of rotatable bonds is 8. The average molecular weight is 708 g/mol. The molecule has 16 heteroatoms. The van der Waals surface area contributed by atoms with Gasteiger partial charge in [0, 0.05) is 32.0 Å². The van der Waals surface area contributed by atoms with Crippen LogP contribution in [0.2, 0.25) is 0 Å². The normalized spacial score (nSPS) is 29.1. The summed E-state index contributed by atoms with van der Waals surface area (Å²) in [5, 5.41) is 67.6. The molecule has 1 aromatic rings. The molecule has 1 aromatic carbocycles. The molecule has 0 aliphatic carbocycles. The fourth-order valence-corrected chi connectivity index (χ4v) is 6.62. The molecule has 3 aliphatic heterocycles. The standard InChI is InChI=1S/C33H45N3O12S/c1-19-7-5-8-21(34-26(40)18-49-33-31(44)30(43)29(42)25(16-37)48-33)9-6-10-22(35-46-17-27(41)36-11-3-2-4-12-36)13-20-14-23(38)15-24(39)28(20)32(45)47-19/h5-6,8,10,14-15,19,21,25,29-31,33,37-39,42-44H,2-4,7,9,11-13,16-18H2,1H3,(H,34,40)/t19-,21+,25?,29+,30?,31-,33-/m1/s1. The number of aliphatic hydroxyl groups excluding tert-OH is 4. The third-order valence-corrected chi connectivity index (χ3v) is 9.40. The molecule has 2 saturated heterocycles. The lowest BCUT2D eigenvalue weighted by molar-refractivity contribution is -0.205. The Morgan fingerprint density at radius 3 is 2.55 bits per heavy atom. The minimum atomic E-state index is -1.56. The second-order valence-corrected chi connectivity index (χ2v) is 13.3. The minimum absolute atomic E-state index is 0.0855. The molecule has 7 atom stereocenters. The van der Waals surface area contributed by atoms with E-state index in [1.165, 1.54) is 6.07 Å². The number of phenolic OH excluding ortho intramolecular Hbond substituents is 2. The summed E-state index contributed by atoms with van der Waals surface area (Å²) in [7, 11) is 0. The Hall–Kier alpha value is -3.67. The van der Waals surface area contributed by atoms with Crippen molar-refractivity contribution in [2.45, 2.75) is 87.4 Å². The molecule has 49 heavy (non-hydrogen) atoms. The molecule has 0 bridgehead atoms. The van der Waals surface area contributed by atoms with Crippen molar-refractivity contribution in [3.8, 4) is 11.5 Å². The Morgan fingerprint density at radius 1 is 1.06 bits per heavy atom. The number of ether oxygens (including phenoxy) is 2. The van der Waals surface area contributed by atoms with Crippen LogP contribution in [0.3, 0.4) is 0 Å². The van der Waals surface area contributed by atoms with Crippen molar-refractivity contribution in [3.63, 3.8) is 0 Å². The molecule has 15 nitrogen and oxygen atoms in total. The number of carbonyl (C=O) groups excluding carboxylic acids is 3. The number of nitrogens with zero attached hydrogens (tertiary/aromatic N) is 2. The third kappa shape index (κ3) is 10.9. The summed E-state index contributed by atoms with van der Waals surface area (Å²) in [4.78, 5) is 45.9. The van der Waals surface area contributed by atoms with Gasteiger partial charge in [-0.1, -0.05) is 23.4 Å². The van der Waals surface area contributed by atoms with Crippen molar-refractivity contribution in [2.75, 3.05) is 32.1 Å². The smallest absolute Gasteiger partial charge is 0.342 e. The van der Waals surface area contributed by atoms with E-state index >= 15 is 0 Å². The molecule has 4 rings (SSSR count). The van der Waals surface area contributed by atoms with E-state index in [0.29, 0.717) is 13.1 Å². The summed E-state index contributed by atoms with van der Waals surface area (Å²) < 4.78 is 11.0. The van der Waals surface area contributed by atoms with Crippen molar-refractivity contribution < 1.29 is 59.3 Å². The first-order chi connectivity index (χ1) is 23.5. The van der Waals surface area contributed by atoms with Crippen LogP contribution in [0.4, 0.5) is 0 Å². The number of esters is 1. The van der Waals surface area contributed by atoms with Crippen LogP contribution >= 0.6 is 11.8 Å². The molecule has 0 spiro atoms. The van der Waals surface area contributed by atoms with E-state index in [0.717, 1.165) is 37.1 Å². The van der Waals surface area contributed by atoms with E-state index in [1.807, 2.05) is 0 Å². The first-order valence-corrected chi connectivity index (χ1v) is 17.3. The first-order valence-electron chi connectivity index (χ1n) is 16.2. The van der Waals surface area contributed by atoms with Gasteiger partial charge in [0.15, 0.2) is 6.61 Å². The molecular formula is C33H45N3O12S. The lowest BCUT2D eigenvalue weighted by atomic mass is 9.99. The maximum absolute atomic E-state index is 13.2. The summed E-state index contributed by atoms with van der Waals surface area (Å²) in [5.74, 6) is -2.39. The number of aromatic hydroxyl groups is 2. The van der Waals surface area contributed by atoms with Crippen LogP contribution in [-0.2, 0) is 30.3 Å². The fourth-order valence-electron chi connectivity index (χ4n) is 5.64. The number of cyclic esters (lactones) is 1. The molecule has 2 fully saturated rings. The van der Waals surface area contributed by atoms with Gasteiger partial charge in [0.2, 0.25) is 5.91 Å². The van der Waals surface area contributed by atoms with Crippen molar-refractivity contribution in [1.29, 1.82) is 0 Å². The van der Waals surface area contributed by atoms with E-state index < -0.39 is 66.2 Å². The summed E-state index contributed by atoms with van der Waals surface area (Å²) in [5.41, 5.74) is -0.744. The molecule has 3 heterocycles. The van der Waals surface area contributed by atoms with Crippen LogP contribution in [-0.4, -0.2) is 133 Å². The number of fused-ring (bicyclic) bond motifs is 1. The second kappa shape index (κ2) is 18.4. The van der Waals surface area contributed by atoms with Crippen LogP contribution < -0.4 is 5.32 Å². The van der Waals surface area contributed by atoms with Gasteiger partial charge in [0.25, 0.3) is 5.91 Å². The van der Waals surface area contributed by atoms with Gasteiger partial charge in [-0.25, -0.2) is 4.79 Å². The number of oxime groups is 1. The number of carbonyl (C=O) groups is 3. The van der Waals surface area contributed by atoms with Gasteiger partial charge in [0.1, 0.15) is 53.0 Å². The van der Waals surface area contributed by atoms with E-state index in [-0.39, 0.29) is 60.1 Å². The number of piperidine rings is 1. The van der Waals surface area contributed by atoms with Crippen molar-refractivity contribution >= 4 is 35.3 Å². The van der Waals surface area contributed by atoms with E-state index in [2.05, 4.69) is 10.5 Å². The maximum atomic E-state index is 13.2. The maximum Gasteiger partial charge on any atom is 0.342 e. The molecule has 3 aliphatic rings. The Morgan fingerprint density at radius 2 is 1.82 bits per heavy atom. The number of aliphatic hydroxyl groups is 4. The molecule has 0 saturated carbocycles. The zero-order valence-electron chi connectivity index (χ0n) is 27.2. The van der Waals surface area contributed by atoms with Crippen LogP contribution in [0.1, 0.15) is 54.9 Å². The number of allylic oxidation sites excluding steroid dienone is 1. The fraction of sp³-hybridized carbons (Fsp3) is 0.576. The number of amides is 2. The Labute approximate surface area is 288 Å². The van der Waals surface area contributed by atoms with Crippen LogP contribution in [0, 0.1) is 0 Å². The number of likely N-dealkylation sites (tertiary alicyclic amines) is 1.